The summed E-state index contributed by atoms with van der Waals surface area (Å²) in [4.78, 5) is 12.3. The van der Waals surface area contributed by atoms with Gasteiger partial charge in [0, 0.05) is 4.83 Å². The van der Waals surface area contributed by atoms with Crippen LogP contribution in [-0.2, 0) is 9.53 Å². The third-order valence-corrected chi connectivity index (χ3v) is 6.17. The SMILES string of the molecule is CCCCCCCCOC(=O)C(C)C(C)(C)C(Br)C=C(Br)Br. The third kappa shape index (κ3) is 9.07. The molecule has 0 aromatic rings. The maximum absolute atomic E-state index is 12.2. The maximum atomic E-state index is 12.2. The monoisotopic (exact) mass is 502 g/mol. The molecule has 0 aromatic heterocycles. The average Bonchev–Trinajstić information content (AvgIpc) is 2.44. The van der Waals surface area contributed by atoms with E-state index in [4.69, 9.17) is 4.74 Å². The molecule has 0 aliphatic rings. The van der Waals surface area contributed by atoms with Crippen LogP contribution in [0.5, 0.6) is 0 Å². The minimum absolute atomic E-state index is 0.0744. The molecular formula is C17H29Br3O2. The van der Waals surface area contributed by atoms with E-state index in [9.17, 15) is 4.79 Å². The minimum atomic E-state index is -0.231. The molecule has 0 radical (unpaired) electrons. The first kappa shape index (κ1) is 22.6. The van der Waals surface area contributed by atoms with Crippen molar-refractivity contribution in [1.29, 1.82) is 0 Å². The molecule has 0 saturated carbocycles. The Bertz CT molecular complexity index is 350. The van der Waals surface area contributed by atoms with E-state index < -0.39 is 0 Å². The minimum Gasteiger partial charge on any atom is -0.465 e. The lowest BCUT2D eigenvalue weighted by molar-refractivity contribution is -0.151. The van der Waals surface area contributed by atoms with Gasteiger partial charge >= 0.3 is 5.97 Å². The summed E-state index contributed by atoms with van der Waals surface area (Å²) in [6.07, 6.45) is 9.19. The molecule has 0 heterocycles. The van der Waals surface area contributed by atoms with Crippen LogP contribution in [0.15, 0.2) is 9.47 Å². The van der Waals surface area contributed by atoms with Gasteiger partial charge in [-0.05, 0) is 49.8 Å². The van der Waals surface area contributed by atoms with Crippen LogP contribution in [0.25, 0.3) is 0 Å². The van der Waals surface area contributed by atoms with Crippen molar-refractivity contribution in [2.24, 2.45) is 11.3 Å². The number of alkyl halides is 1. The Morgan fingerprint density at radius 3 is 2.23 bits per heavy atom. The lowest BCUT2D eigenvalue weighted by atomic mass is 9.77. The second kappa shape index (κ2) is 12.1. The molecule has 5 heteroatoms. The smallest absolute Gasteiger partial charge is 0.309 e. The van der Waals surface area contributed by atoms with Crippen LogP contribution >= 0.6 is 47.8 Å². The van der Waals surface area contributed by atoms with E-state index in [2.05, 4.69) is 68.6 Å². The normalized spacial score (nSPS) is 14.3. The third-order valence-electron chi connectivity index (χ3n) is 4.19. The Kier molecular flexibility index (Phi) is 12.4. The summed E-state index contributed by atoms with van der Waals surface area (Å²) in [5, 5.41) is 0. The second-order valence-corrected chi connectivity index (χ2v) is 10.1. The lowest BCUT2D eigenvalue weighted by Crippen LogP contribution is -2.36. The van der Waals surface area contributed by atoms with E-state index >= 15 is 0 Å². The highest BCUT2D eigenvalue weighted by atomic mass is 79.9. The zero-order valence-corrected chi connectivity index (χ0v) is 18.9. The number of carbonyl (C=O) groups excluding carboxylic acids is 1. The van der Waals surface area contributed by atoms with Crippen molar-refractivity contribution < 1.29 is 9.53 Å². The number of halogens is 3. The Labute approximate surface area is 161 Å². The van der Waals surface area contributed by atoms with Gasteiger partial charge in [-0.1, -0.05) is 75.7 Å². The van der Waals surface area contributed by atoms with Crippen LogP contribution in [0.4, 0.5) is 0 Å². The molecule has 130 valence electrons. The number of hydrogen-bond donors (Lipinski definition) is 0. The lowest BCUT2D eigenvalue weighted by Gasteiger charge is -2.33. The van der Waals surface area contributed by atoms with Gasteiger partial charge in [0.1, 0.15) is 0 Å². The van der Waals surface area contributed by atoms with Gasteiger partial charge in [0.25, 0.3) is 0 Å². The molecule has 2 nitrogen and oxygen atoms in total. The second-order valence-electron chi connectivity index (χ2n) is 6.34. The van der Waals surface area contributed by atoms with Crippen LogP contribution in [0.2, 0.25) is 0 Å². The molecule has 0 spiro atoms. The number of esters is 1. The van der Waals surface area contributed by atoms with Crippen molar-refractivity contribution >= 4 is 53.8 Å². The standard InChI is InChI=1S/C17H29Br3O2/c1-5-6-7-8-9-10-11-22-16(21)13(2)17(3,4)14(18)12-15(19)20/h12-14H,5-11H2,1-4H3. The molecule has 0 aromatic carbocycles. The first-order valence-electron chi connectivity index (χ1n) is 8.07. The van der Waals surface area contributed by atoms with Gasteiger partial charge in [0.05, 0.1) is 15.9 Å². The Balaban J connectivity index is 4.17. The van der Waals surface area contributed by atoms with Gasteiger partial charge in [-0.15, -0.1) is 0 Å². The summed E-state index contributed by atoms with van der Waals surface area (Å²) >= 11 is 10.4. The number of hydrogen-bond acceptors (Lipinski definition) is 2. The molecule has 0 aliphatic heterocycles. The Morgan fingerprint density at radius 1 is 1.14 bits per heavy atom. The van der Waals surface area contributed by atoms with E-state index in [0.29, 0.717) is 6.61 Å². The van der Waals surface area contributed by atoms with Gasteiger partial charge in [-0.3, -0.25) is 4.79 Å². The first-order valence-corrected chi connectivity index (χ1v) is 10.6. The molecule has 0 rings (SSSR count). The Hall–Kier alpha value is 0.650. The van der Waals surface area contributed by atoms with E-state index in [1.54, 1.807) is 0 Å². The molecule has 0 fully saturated rings. The van der Waals surface area contributed by atoms with Crippen molar-refractivity contribution in [3.05, 3.63) is 9.47 Å². The zero-order valence-electron chi connectivity index (χ0n) is 14.1. The van der Waals surface area contributed by atoms with Crippen LogP contribution in [0.1, 0.15) is 66.2 Å². The van der Waals surface area contributed by atoms with E-state index in [0.717, 1.165) is 16.2 Å². The van der Waals surface area contributed by atoms with Crippen molar-refractivity contribution in [1.82, 2.24) is 0 Å². The number of rotatable bonds is 11. The predicted octanol–water partition coefficient (Wildman–Crippen LogP) is 6.95. The summed E-state index contributed by atoms with van der Waals surface area (Å²) in [7, 11) is 0. The van der Waals surface area contributed by atoms with E-state index in [-0.39, 0.29) is 22.1 Å². The van der Waals surface area contributed by atoms with Crippen molar-refractivity contribution in [2.75, 3.05) is 6.61 Å². The van der Waals surface area contributed by atoms with Crippen LogP contribution < -0.4 is 0 Å². The maximum Gasteiger partial charge on any atom is 0.309 e. The van der Waals surface area contributed by atoms with Crippen LogP contribution in [-0.4, -0.2) is 17.4 Å². The number of ether oxygens (including phenoxy) is 1. The zero-order chi connectivity index (χ0) is 17.2. The molecule has 22 heavy (non-hydrogen) atoms. The van der Waals surface area contributed by atoms with Gasteiger partial charge in [-0.25, -0.2) is 0 Å². The van der Waals surface area contributed by atoms with Gasteiger partial charge in [0.2, 0.25) is 0 Å². The fraction of sp³-hybridized carbons (Fsp3) is 0.824. The van der Waals surface area contributed by atoms with E-state index in [1.165, 1.54) is 25.7 Å². The van der Waals surface area contributed by atoms with Crippen LogP contribution in [0.3, 0.4) is 0 Å². The first-order chi connectivity index (χ1) is 10.2. The summed E-state index contributed by atoms with van der Waals surface area (Å²) in [5.41, 5.74) is -0.231. The number of allylic oxidation sites excluding steroid dienone is 1. The van der Waals surface area contributed by atoms with Crippen molar-refractivity contribution in [2.45, 2.75) is 71.0 Å². The molecule has 0 N–H and O–H groups in total. The molecular weight excluding hydrogens is 476 g/mol. The Morgan fingerprint density at radius 2 is 1.68 bits per heavy atom. The predicted molar refractivity (Wildman–Crippen MR) is 106 cm³/mol. The van der Waals surface area contributed by atoms with Gasteiger partial charge in [-0.2, -0.15) is 0 Å². The molecule has 2 unspecified atom stereocenters. The summed E-state index contributed by atoms with van der Waals surface area (Å²) in [5.74, 6) is -0.283. The highest BCUT2D eigenvalue weighted by Gasteiger charge is 2.37. The average molecular weight is 505 g/mol. The summed E-state index contributed by atoms with van der Waals surface area (Å²) in [6, 6.07) is 0. The fourth-order valence-electron chi connectivity index (χ4n) is 2.05. The molecule has 0 amide bonds. The summed E-state index contributed by atoms with van der Waals surface area (Å²) in [6.45, 7) is 8.83. The molecule has 2 atom stereocenters. The van der Waals surface area contributed by atoms with Crippen molar-refractivity contribution in [3.8, 4) is 0 Å². The summed E-state index contributed by atoms with van der Waals surface area (Å²) < 4.78 is 6.33. The fourth-order valence-corrected chi connectivity index (χ4v) is 3.95. The molecule has 0 aliphatic carbocycles. The molecule has 0 bridgehead atoms. The highest BCUT2D eigenvalue weighted by molar-refractivity contribution is 9.28. The van der Waals surface area contributed by atoms with Gasteiger partial charge < -0.3 is 4.74 Å². The largest absolute Gasteiger partial charge is 0.465 e. The topological polar surface area (TPSA) is 26.3 Å². The molecule has 0 saturated heterocycles. The highest BCUT2D eigenvalue weighted by Crippen LogP contribution is 2.38. The van der Waals surface area contributed by atoms with Crippen molar-refractivity contribution in [3.63, 3.8) is 0 Å². The number of carbonyl (C=O) groups is 1. The van der Waals surface area contributed by atoms with Crippen LogP contribution in [0, 0.1) is 11.3 Å². The van der Waals surface area contributed by atoms with E-state index in [1.807, 2.05) is 13.0 Å². The van der Waals surface area contributed by atoms with Gasteiger partial charge in [0.15, 0.2) is 0 Å². The number of unbranched alkanes of at least 4 members (excludes halogenated alkanes) is 5. The quantitative estimate of drug-likeness (QED) is 0.173.